The van der Waals surface area contributed by atoms with E-state index in [1.54, 1.807) is 0 Å². The van der Waals surface area contributed by atoms with Crippen LogP contribution in [-0.2, 0) is 20.4 Å². The van der Waals surface area contributed by atoms with E-state index in [4.69, 9.17) is 0 Å². The van der Waals surface area contributed by atoms with Crippen molar-refractivity contribution in [1.82, 2.24) is 4.13 Å². The van der Waals surface area contributed by atoms with E-state index >= 15 is 0 Å². The van der Waals surface area contributed by atoms with Gasteiger partial charge in [0.1, 0.15) is 0 Å². The van der Waals surface area contributed by atoms with Crippen LogP contribution in [0.3, 0.4) is 0 Å². The maximum absolute atomic E-state index is 12.4. The maximum Gasteiger partial charge on any atom is 0.385 e. The minimum absolute atomic E-state index is 0.0817. The zero-order chi connectivity index (χ0) is 11.6. The molecule has 0 aromatic heterocycles. The van der Waals surface area contributed by atoms with Crippen LogP contribution in [0.1, 0.15) is 6.42 Å². The predicted octanol–water partition coefficient (Wildman–Crippen LogP) is 0.0725. The molecule has 0 aromatic carbocycles. The Labute approximate surface area is 77.5 Å². The first-order valence-corrected chi connectivity index (χ1v) is 5.80. The first kappa shape index (κ1) is 13.6. The van der Waals surface area contributed by atoms with Crippen molar-refractivity contribution in [2.75, 3.05) is 6.67 Å². The van der Waals surface area contributed by atoms with Gasteiger partial charge in [0.25, 0.3) is 10.0 Å². The summed E-state index contributed by atoms with van der Waals surface area (Å²) in [5.74, 6) is 0. The minimum atomic E-state index is -5.82. The topological polar surface area (TPSA) is 80.3 Å². The highest BCUT2D eigenvalue weighted by Gasteiger charge is 2.47. The Morgan fingerprint density at radius 1 is 1.14 bits per heavy atom. The summed E-state index contributed by atoms with van der Waals surface area (Å²) in [7, 11) is -11.6. The van der Waals surface area contributed by atoms with Gasteiger partial charge in [-0.25, -0.2) is 8.42 Å². The molecule has 0 fully saturated rings. The van der Waals surface area contributed by atoms with Crippen LogP contribution in [-0.4, -0.2) is 28.8 Å². The number of halogens is 4. The van der Waals surface area contributed by atoms with E-state index in [0.717, 1.165) is 0 Å². The molecule has 0 saturated heterocycles. The molecule has 1 N–H and O–H groups in total. The fourth-order valence-corrected chi connectivity index (χ4v) is 2.32. The van der Waals surface area contributed by atoms with Crippen molar-refractivity contribution >= 4 is 20.4 Å². The molecular weight excluding hydrogens is 254 g/mol. The number of hydrogen-bond acceptors (Lipinski definition) is 4. The SMILES string of the molecule is O=S(=O)(F)NS(=O)(=O)C(F)(F)CCF. The molecule has 14 heavy (non-hydrogen) atoms. The van der Waals surface area contributed by atoms with Crippen molar-refractivity contribution in [1.29, 1.82) is 0 Å². The molecule has 0 aliphatic carbocycles. The molecule has 86 valence electrons. The molecule has 0 unspecified atom stereocenters. The summed E-state index contributed by atoms with van der Waals surface area (Å²) in [6, 6.07) is 0. The maximum atomic E-state index is 12.4. The highest BCUT2D eigenvalue weighted by atomic mass is 32.3. The molecule has 0 heterocycles. The third-order valence-corrected chi connectivity index (χ3v) is 3.65. The lowest BCUT2D eigenvalue weighted by Gasteiger charge is -2.13. The summed E-state index contributed by atoms with van der Waals surface area (Å²) in [5, 5.41) is -4.68. The number of hydrogen-bond donors (Lipinski definition) is 1. The molecule has 0 aliphatic rings. The van der Waals surface area contributed by atoms with Crippen molar-refractivity contribution in [3.8, 4) is 0 Å². The van der Waals surface area contributed by atoms with E-state index in [-0.39, 0.29) is 4.13 Å². The first-order chi connectivity index (χ1) is 6.02. The first-order valence-electron chi connectivity index (χ1n) is 2.93. The molecule has 0 aromatic rings. The van der Waals surface area contributed by atoms with Crippen LogP contribution >= 0.6 is 0 Å². The van der Waals surface area contributed by atoms with Crippen molar-refractivity contribution in [2.45, 2.75) is 11.7 Å². The van der Waals surface area contributed by atoms with Gasteiger partial charge in [-0.1, -0.05) is 8.01 Å². The number of nitrogens with one attached hydrogen (secondary N) is 1. The molecule has 0 bridgehead atoms. The van der Waals surface area contributed by atoms with Gasteiger partial charge in [0.15, 0.2) is 0 Å². The summed E-state index contributed by atoms with van der Waals surface area (Å²) in [6.45, 7) is -1.69. The summed E-state index contributed by atoms with van der Waals surface area (Å²) in [4.78, 5) is 0. The van der Waals surface area contributed by atoms with Crippen LogP contribution in [0.5, 0.6) is 0 Å². The lowest BCUT2D eigenvalue weighted by molar-refractivity contribution is 0.0732. The van der Waals surface area contributed by atoms with E-state index in [1.807, 2.05) is 0 Å². The van der Waals surface area contributed by atoms with E-state index in [0.29, 0.717) is 0 Å². The van der Waals surface area contributed by atoms with Gasteiger partial charge in [-0.3, -0.25) is 4.39 Å². The van der Waals surface area contributed by atoms with Crippen LogP contribution in [0.4, 0.5) is 17.1 Å². The van der Waals surface area contributed by atoms with Gasteiger partial charge in [0.2, 0.25) is 0 Å². The standard InChI is InChI=1S/C3H5F4NO4S2/c4-2-1-3(5,6)13(9,10)8-14(7,11)12/h8H,1-2H2. The van der Waals surface area contributed by atoms with E-state index in [9.17, 15) is 33.9 Å². The Morgan fingerprint density at radius 3 is 1.86 bits per heavy atom. The molecule has 0 saturated carbocycles. The molecule has 0 rings (SSSR count). The average molecular weight is 259 g/mol. The van der Waals surface area contributed by atoms with Gasteiger partial charge in [-0.05, 0) is 0 Å². The summed E-state index contributed by atoms with van der Waals surface area (Å²) in [5.41, 5.74) is 0. The second kappa shape index (κ2) is 3.98. The molecule has 0 amide bonds. The highest BCUT2D eigenvalue weighted by molar-refractivity contribution is 8.03. The fraction of sp³-hybridized carbons (Fsp3) is 1.00. The Morgan fingerprint density at radius 2 is 1.57 bits per heavy atom. The van der Waals surface area contributed by atoms with Gasteiger partial charge in [-0.2, -0.15) is 17.2 Å². The lowest BCUT2D eigenvalue weighted by atomic mass is 10.5. The average Bonchev–Trinajstić information content (AvgIpc) is 1.79. The van der Waals surface area contributed by atoms with Crippen molar-refractivity contribution in [3.63, 3.8) is 0 Å². The van der Waals surface area contributed by atoms with Crippen molar-refractivity contribution in [2.24, 2.45) is 0 Å². The van der Waals surface area contributed by atoms with Gasteiger partial charge in [0, 0.05) is 0 Å². The van der Waals surface area contributed by atoms with Gasteiger partial charge < -0.3 is 0 Å². The van der Waals surface area contributed by atoms with Gasteiger partial charge in [-0.15, -0.1) is 0 Å². The molecular formula is C3H5F4NO4S2. The second-order valence-electron chi connectivity index (χ2n) is 2.10. The Hall–Kier alpha value is -0.420. The predicted molar refractivity (Wildman–Crippen MR) is 37.6 cm³/mol. The van der Waals surface area contributed by atoms with Crippen molar-refractivity contribution in [3.05, 3.63) is 0 Å². The third-order valence-electron chi connectivity index (χ3n) is 0.988. The molecule has 0 radical (unpaired) electrons. The Balaban J connectivity index is 4.98. The molecule has 0 spiro atoms. The molecule has 5 nitrogen and oxygen atoms in total. The van der Waals surface area contributed by atoms with Gasteiger partial charge >= 0.3 is 15.7 Å². The largest absolute Gasteiger partial charge is 0.385 e. The second-order valence-corrected chi connectivity index (χ2v) is 5.25. The summed E-state index contributed by atoms with van der Waals surface area (Å²) < 4.78 is 88.3. The van der Waals surface area contributed by atoms with Crippen molar-refractivity contribution < 1.29 is 33.9 Å². The molecule has 11 heteroatoms. The zero-order valence-corrected chi connectivity index (χ0v) is 8.01. The van der Waals surface area contributed by atoms with Crippen LogP contribution < -0.4 is 4.13 Å². The highest BCUT2D eigenvalue weighted by Crippen LogP contribution is 2.25. The van der Waals surface area contributed by atoms with E-state index in [1.165, 1.54) is 0 Å². The van der Waals surface area contributed by atoms with Gasteiger partial charge in [0.05, 0.1) is 13.1 Å². The molecule has 0 aliphatic heterocycles. The minimum Gasteiger partial charge on any atom is -0.251 e. The smallest absolute Gasteiger partial charge is 0.251 e. The van der Waals surface area contributed by atoms with Crippen LogP contribution in [0, 0.1) is 0 Å². The fourth-order valence-electron chi connectivity index (χ4n) is 0.436. The van der Waals surface area contributed by atoms with Crippen LogP contribution in [0.25, 0.3) is 0 Å². The van der Waals surface area contributed by atoms with Crippen LogP contribution in [0.15, 0.2) is 0 Å². The zero-order valence-electron chi connectivity index (χ0n) is 6.38. The Kier molecular flexibility index (Phi) is 3.86. The summed E-state index contributed by atoms with van der Waals surface area (Å²) >= 11 is 0. The van der Waals surface area contributed by atoms with Crippen LogP contribution in [0.2, 0.25) is 0 Å². The third kappa shape index (κ3) is 3.75. The monoisotopic (exact) mass is 259 g/mol. The number of sulfonamides is 1. The quantitative estimate of drug-likeness (QED) is 0.559. The number of alkyl halides is 3. The summed E-state index contributed by atoms with van der Waals surface area (Å²) in [6.07, 6.45) is -1.75. The normalized spacial score (nSPS) is 14.3. The Bertz CT molecular complexity index is 387. The lowest BCUT2D eigenvalue weighted by Crippen LogP contribution is -2.41. The van der Waals surface area contributed by atoms with E-state index < -0.39 is 38.8 Å². The van der Waals surface area contributed by atoms with E-state index in [2.05, 4.69) is 0 Å². The molecule has 0 atom stereocenters. The number of rotatable bonds is 5.